The Morgan fingerprint density at radius 3 is 2.56 bits per heavy atom. The van der Waals surface area contributed by atoms with Gasteiger partial charge in [0.15, 0.2) is 5.75 Å². The third-order valence-corrected chi connectivity index (χ3v) is 2.68. The molecule has 0 radical (unpaired) electrons. The number of hydrogen-bond donors (Lipinski definition) is 3. The van der Waals surface area contributed by atoms with Crippen molar-refractivity contribution in [1.82, 2.24) is 0 Å². The predicted molar refractivity (Wildman–Crippen MR) is 66.3 cm³/mol. The van der Waals surface area contributed by atoms with Crippen molar-refractivity contribution in [3.05, 3.63) is 36.4 Å². The van der Waals surface area contributed by atoms with E-state index in [0.29, 0.717) is 5.39 Å². The molecule has 5 nitrogen and oxygen atoms in total. The number of aromatic hydroxyl groups is 1. The zero-order valence-corrected chi connectivity index (χ0v) is 9.45. The van der Waals surface area contributed by atoms with Gasteiger partial charge >= 0.3 is 12.2 Å². The summed E-state index contributed by atoms with van der Waals surface area (Å²) in [4.78, 5) is 10.7. The van der Waals surface area contributed by atoms with E-state index in [4.69, 9.17) is 5.11 Å². The van der Waals surface area contributed by atoms with Crippen LogP contribution in [0.1, 0.15) is 0 Å². The van der Waals surface area contributed by atoms with Gasteiger partial charge in [-0.05, 0) is 17.5 Å². The lowest BCUT2D eigenvalue weighted by molar-refractivity contribution is -0.513. The summed E-state index contributed by atoms with van der Waals surface area (Å²) in [6, 6.07) is 10.3. The van der Waals surface area contributed by atoms with Gasteiger partial charge in [-0.1, -0.05) is 24.3 Å². The van der Waals surface area contributed by atoms with Crippen LogP contribution in [0.3, 0.4) is 0 Å². The van der Waals surface area contributed by atoms with Gasteiger partial charge in [0.2, 0.25) is 0 Å². The Morgan fingerprint density at radius 1 is 1.22 bits per heavy atom. The van der Waals surface area contributed by atoms with Gasteiger partial charge in [0, 0.05) is 0 Å². The van der Waals surface area contributed by atoms with Crippen molar-refractivity contribution in [2.24, 2.45) is 0 Å². The Morgan fingerprint density at radius 2 is 1.89 bits per heavy atom. The number of fused-ring (bicyclic) bond motifs is 1. The van der Waals surface area contributed by atoms with Crippen LogP contribution in [-0.2, 0) is 4.79 Å². The summed E-state index contributed by atoms with van der Waals surface area (Å²) in [7, 11) is 0. The molecule has 0 saturated heterocycles. The maximum absolute atomic E-state index is 10.7. The Kier molecular flexibility index (Phi) is 2.99. The molecule has 2 aromatic carbocycles. The summed E-state index contributed by atoms with van der Waals surface area (Å²) in [5.41, 5.74) is 0.183. The third kappa shape index (κ3) is 1.91. The van der Waals surface area contributed by atoms with Crippen molar-refractivity contribution < 1.29 is 24.7 Å². The minimum atomic E-state index is -1.82. The average molecular weight is 246 g/mol. The van der Waals surface area contributed by atoms with E-state index in [-0.39, 0.29) is 11.4 Å². The van der Waals surface area contributed by atoms with E-state index in [1.54, 1.807) is 18.2 Å². The van der Waals surface area contributed by atoms with E-state index < -0.39 is 12.2 Å². The highest BCUT2D eigenvalue weighted by Crippen LogP contribution is 2.34. The lowest BCUT2D eigenvalue weighted by Crippen LogP contribution is -2.30. The SMILES string of the molecule is C=[N+](c1c(O)ccc2ccccc12)C(O)C(=O)O. The Balaban J connectivity index is 2.66. The van der Waals surface area contributed by atoms with Crippen molar-refractivity contribution in [2.75, 3.05) is 0 Å². The lowest BCUT2D eigenvalue weighted by atomic mass is 10.1. The van der Waals surface area contributed by atoms with E-state index >= 15 is 0 Å². The number of benzene rings is 2. The second-order valence-electron chi connectivity index (χ2n) is 3.84. The standard InChI is InChI=1S/C13H11NO4/c1-14(12(16)13(17)18)11-9-5-3-2-4-8(9)6-7-10(11)15/h2-7,12,16H,1H2,(H-,15,17,18)/p+1. The molecule has 0 fully saturated rings. The summed E-state index contributed by atoms with van der Waals surface area (Å²) >= 11 is 0. The molecule has 92 valence electrons. The molecule has 0 aliphatic heterocycles. The first-order valence-corrected chi connectivity index (χ1v) is 5.23. The van der Waals surface area contributed by atoms with Gasteiger partial charge in [-0.15, -0.1) is 0 Å². The Labute approximate surface area is 103 Å². The number of aliphatic hydroxyl groups excluding tert-OH is 1. The number of phenolic OH excluding ortho intramolecular Hbond substituents is 1. The van der Waals surface area contributed by atoms with Gasteiger partial charge in [-0.3, -0.25) is 0 Å². The number of rotatable bonds is 3. The molecule has 2 rings (SSSR count). The van der Waals surface area contributed by atoms with Crippen molar-refractivity contribution in [1.29, 1.82) is 0 Å². The molecule has 0 amide bonds. The molecule has 1 unspecified atom stereocenters. The zero-order chi connectivity index (χ0) is 13.3. The maximum atomic E-state index is 10.7. The van der Waals surface area contributed by atoms with E-state index in [1.807, 2.05) is 12.1 Å². The van der Waals surface area contributed by atoms with E-state index in [0.717, 1.165) is 9.96 Å². The molecule has 0 aliphatic rings. The van der Waals surface area contributed by atoms with Crippen LogP contribution >= 0.6 is 0 Å². The van der Waals surface area contributed by atoms with Crippen LogP contribution in [0.5, 0.6) is 5.75 Å². The number of hydrogen-bond acceptors (Lipinski definition) is 3. The second kappa shape index (κ2) is 4.46. The molecule has 0 aliphatic carbocycles. The van der Waals surface area contributed by atoms with Crippen molar-refractivity contribution in [2.45, 2.75) is 6.23 Å². The van der Waals surface area contributed by atoms with Crippen LogP contribution in [0.2, 0.25) is 0 Å². The topological polar surface area (TPSA) is 80.8 Å². The van der Waals surface area contributed by atoms with Crippen molar-refractivity contribution in [3.63, 3.8) is 0 Å². The van der Waals surface area contributed by atoms with Gasteiger partial charge in [0.05, 0.1) is 5.39 Å². The number of carbonyl (C=O) groups is 1. The van der Waals surface area contributed by atoms with Gasteiger partial charge in [-0.25, -0.2) is 4.79 Å². The molecule has 1 atom stereocenters. The minimum Gasteiger partial charge on any atom is -0.502 e. The first kappa shape index (κ1) is 12.1. The summed E-state index contributed by atoms with van der Waals surface area (Å²) in [5.74, 6) is -1.57. The minimum absolute atomic E-state index is 0.135. The molecule has 5 heteroatoms. The predicted octanol–water partition coefficient (Wildman–Crippen LogP) is 1.29. The van der Waals surface area contributed by atoms with Gasteiger partial charge in [-0.2, -0.15) is 4.58 Å². The number of carboxylic acid groups (broad SMARTS) is 1. The first-order valence-electron chi connectivity index (χ1n) is 5.23. The van der Waals surface area contributed by atoms with Gasteiger partial charge < -0.3 is 15.3 Å². The quantitative estimate of drug-likeness (QED) is 0.433. The Hall–Kier alpha value is -2.40. The number of phenols is 1. The normalized spacial score (nSPS) is 12.3. The number of nitrogens with zero attached hydrogens (tertiary/aromatic N) is 1. The van der Waals surface area contributed by atoms with Crippen LogP contribution in [-0.4, -0.2) is 38.8 Å². The number of aliphatic hydroxyl groups is 1. The summed E-state index contributed by atoms with van der Waals surface area (Å²) in [6.07, 6.45) is -1.82. The number of carboxylic acids is 1. The van der Waals surface area contributed by atoms with Crippen LogP contribution in [0.4, 0.5) is 5.69 Å². The average Bonchev–Trinajstić information content (AvgIpc) is 2.37. The summed E-state index contributed by atoms with van der Waals surface area (Å²) in [5, 5.41) is 29.5. The Bertz CT molecular complexity index is 636. The smallest absolute Gasteiger partial charge is 0.403 e. The van der Waals surface area contributed by atoms with Crippen LogP contribution in [0.25, 0.3) is 10.8 Å². The fourth-order valence-corrected chi connectivity index (χ4v) is 1.80. The molecule has 0 saturated carbocycles. The fraction of sp³-hybridized carbons (Fsp3) is 0.0769. The first-order chi connectivity index (χ1) is 8.52. The second-order valence-corrected chi connectivity index (χ2v) is 3.84. The molecule has 3 N–H and O–H groups in total. The molecule has 0 bridgehead atoms. The van der Waals surface area contributed by atoms with Crippen molar-refractivity contribution >= 4 is 29.1 Å². The van der Waals surface area contributed by atoms with Crippen LogP contribution < -0.4 is 0 Å². The van der Waals surface area contributed by atoms with E-state index in [1.165, 1.54) is 6.07 Å². The molecule has 0 spiro atoms. The molecule has 0 heterocycles. The zero-order valence-electron chi connectivity index (χ0n) is 9.45. The monoisotopic (exact) mass is 246 g/mol. The maximum Gasteiger partial charge on any atom is 0.403 e. The highest BCUT2D eigenvalue weighted by molar-refractivity contribution is 5.93. The molecule has 2 aromatic rings. The lowest BCUT2D eigenvalue weighted by Gasteiger charge is -2.08. The van der Waals surface area contributed by atoms with Crippen LogP contribution in [0, 0.1) is 0 Å². The van der Waals surface area contributed by atoms with E-state index in [2.05, 4.69) is 6.72 Å². The van der Waals surface area contributed by atoms with Crippen LogP contribution in [0.15, 0.2) is 36.4 Å². The molecule has 18 heavy (non-hydrogen) atoms. The summed E-state index contributed by atoms with van der Waals surface area (Å²) in [6.45, 7) is 3.48. The fourth-order valence-electron chi connectivity index (χ4n) is 1.80. The van der Waals surface area contributed by atoms with Gasteiger partial charge in [0.25, 0.3) is 5.69 Å². The molecule has 0 aromatic heterocycles. The van der Waals surface area contributed by atoms with Gasteiger partial charge in [0.1, 0.15) is 6.72 Å². The third-order valence-electron chi connectivity index (χ3n) is 2.68. The van der Waals surface area contributed by atoms with Crippen molar-refractivity contribution in [3.8, 4) is 5.75 Å². The highest BCUT2D eigenvalue weighted by Gasteiger charge is 2.29. The highest BCUT2D eigenvalue weighted by atomic mass is 16.4. The molecular weight excluding hydrogens is 234 g/mol. The summed E-state index contributed by atoms with van der Waals surface area (Å²) < 4.78 is 0.875. The largest absolute Gasteiger partial charge is 0.502 e. The van der Waals surface area contributed by atoms with E-state index in [9.17, 15) is 15.0 Å². The number of aliphatic carboxylic acids is 1. The molecular formula is C13H12NO4+.